The molecule has 132 valence electrons. The van der Waals surface area contributed by atoms with Gasteiger partial charge in [0, 0.05) is 31.1 Å². The number of nitrogens with two attached hydrogens (primary N) is 1. The van der Waals surface area contributed by atoms with Crippen LogP contribution in [0.3, 0.4) is 0 Å². The minimum Gasteiger partial charge on any atom is -0.355 e. The van der Waals surface area contributed by atoms with Gasteiger partial charge in [0.05, 0.1) is 0 Å². The first-order valence-electron chi connectivity index (χ1n) is 10.0. The maximum atomic E-state index is 12.5. The molecule has 0 aromatic heterocycles. The molecule has 0 heterocycles. The molecule has 0 radical (unpaired) electrons. The van der Waals surface area contributed by atoms with E-state index in [0.29, 0.717) is 23.9 Å². The van der Waals surface area contributed by atoms with Crippen molar-refractivity contribution in [2.45, 2.75) is 82.7 Å². The van der Waals surface area contributed by atoms with Crippen molar-refractivity contribution in [3.8, 4) is 0 Å². The lowest BCUT2D eigenvalue weighted by molar-refractivity contribution is -0.127. The summed E-state index contributed by atoms with van der Waals surface area (Å²) in [7, 11) is 0. The standard InChI is InChI=1S/C19H35N3O/c20-18-14-6-5-7-15(18)13-16(12-14)19(23)22-11-10-21-17-8-3-1-2-4-9-17/h14-18,21H,1-13,20H2,(H,22,23). The first kappa shape index (κ1) is 17.2. The van der Waals surface area contributed by atoms with Crippen molar-refractivity contribution in [2.24, 2.45) is 23.5 Å². The van der Waals surface area contributed by atoms with Gasteiger partial charge < -0.3 is 16.4 Å². The summed E-state index contributed by atoms with van der Waals surface area (Å²) < 4.78 is 0. The van der Waals surface area contributed by atoms with E-state index in [-0.39, 0.29) is 11.8 Å². The van der Waals surface area contributed by atoms with Crippen LogP contribution in [0, 0.1) is 17.8 Å². The van der Waals surface area contributed by atoms with Crippen LogP contribution in [0.25, 0.3) is 0 Å². The Morgan fingerprint density at radius 1 is 0.870 bits per heavy atom. The maximum absolute atomic E-state index is 12.5. The maximum Gasteiger partial charge on any atom is 0.223 e. The molecule has 3 saturated carbocycles. The molecule has 4 heteroatoms. The van der Waals surface area contributed by atoms with Gasteiger partial charge in [0.15, 0.2) is 0 Å². The summed E-state index contributed by atoms with van der Waals surface area (Å²) >= 11 is 0. The van der Waals surface area contributed by atoms with E-state index in [1.54, 1.807) is 0 Å². The molecular weight excluding hydrogens is 286 g/mol. The Balaban J connectivity index is 1.35. The summed E-state index contributed by atoms with van der Waals surface area (Å²) in [5, 5.41) is 6.80. The second-order valence-corrected chi connectivity index (χ2v) is 8.13. The molecule has 0 spiro atoms. The molecule has 3 rings (SSSR count). The predicted octanol–water partition coefficient (Wildman–Crippen LogP) is 2.57. The van der Waals surface area contributed by atoms with E-state index in [1.165, 1.54) is 57.8 Å². The fraction of sp³-hybridized carbons (Fsp3) is 0.947. The third-order valence-corrected chi connectivity index (χ3v) is 6.50. The fourth-order valence-electron chi connectivity index (χ4n) is 5.09. The van der Waals surface area contributed by atoms with Crippen LogP contribution in [-0.2, 0) is 4.79 Å². The molecule has 3 aliphatic rings. The number of carbonyl (C=O) groups excluding carboxylic acids is 1. The third kappa shape index (κ3) is 4.69. The Bertz CT molecular complexity index is 365. The van der Waals surface area contributed by atoms with Gasteiger partial charge in [0.2, 0.25) is 5.91 Å². The van der Waals surface area contributed by atoms with E-state index in [1.807, 2.05) is 0 Å². The van der Waals surface area contributed by atoms with E-state index >= 15 is 0 Å². The van der Waals surface area contributed by atoms with Crippen LogP contribution in [-0.4, -0.2) is 31.1 Å². The van der Waals surface area contributed by atoms with Crippen molar-refractivity contribution >= 4 is 5.91 Å². The molecule has 4 nitrogen and oxygen atoms in total. The van der Waals surface area contributed by atoms with Crippen molar-refractivity contribution in [3.63, 3.8) is 0 Å². The number of carbonyl (C=O) groups is 1. The summed E-state index contributed by atoms with van der Waals surface area (Å²) in [6.07, 6.45) is 13.9. The van der Waals surface area contributed by atoms with Gasteiger partial charge in [-0.05, 0) is 50.4 Å². The highest BCUT2D eigenvalue weighted by Gasteiger charge is 2.40. The molecule has 2 atom stereocenters. The SMILES string of the molecule is NC1C2CCCC1CC(C(=O)NCCNC1CCCCCC1)C2. The monoisotopic (exact) mass is 321 g/mol. The van der Waals surface area contributed by atoms with Crippen LogP contribution < -0.4 is 16.4 Å². The van der Waals surface area contributed by atoms with Crippen LogP contribution in [0.1, 0.15) is 70.6 Å². The molecule has 0 aromatic carbocycles. The lowest BCUT2D eigenvalue weighted by atomic mass is 9.65. The Hall–Kier alpha value is -0.610. The Morgan fingerprint density at radius 3 is 2.17 bits per heavy atom. The molecule has 0 aliphatic heterocycles. The highest BCUT2D eigenvalue weighted by molar-refractivity contribution is 5.78. The topological polar surface area (TPSA) is 67.2 Å². The summed E-state index contributed by atoms with van der Waals surface area (Å²) in [6, 6.07) is 1.02. The zero-order chi connectivity index (χ0) is 16.1. The van der Waals surface area contributed by atoms with Crippen LogP contribution in [0.5, 0.6) is 0 Å². The normalized spacial score (nSPS) is 35.5. The average molecular weight is 322 g/mol. The molecule has 2 bridgehead atoms. The minimum atomic E-state index is 0.211. The third-order valence-electron chi connectivity index (χ3n) is 6.50. The molecule has 4 N–H and O–H groups in total. The summed E-state index contributed by atoms with van der Waals surface area (Å²) in [4.78, 5) is 12.5. The highest BCUT2D eigenvalue weighted by Crippen LogP contribution is 2.41. The quantitative estimate of drug-likeness (QED) is 0.538. The van der Waals surface area contributed by atoms with Crippen LogP contribution in [0.4, 0.5) is 0 Å². The Morgan fingerprint density at radius 2 is 1.52 bits per heavy atom. The first-order valence-corrected chi connectivity index (χ1v) is 10.0. The van der Waals surface area contributed by atoms with Crippen molar-refractivity contribution in [3.05, 3.63) is 0 Å². The average Bonchev–Trinajstić information content (AvgIpc) is 2.80. The zero-order valence-electron chi connectivity index (χ0n) is 14.6. The molecule has 3 aliphatic carbocycles. The minimum absolute atomic E-state index is 0.211. The van der Waals surface area contributed by atoms with E-state index in [0.717, 1.165) is 25.9 Å². The molecule has 0 saturated heterocycles. The highest BCUT2D eigenvalue weighted by atomic mass is 16.1. The van der Waals surface area contributed by atoms with Gasteiger partial charge in [0.1, 0.15) is 0 Å². The van der Waals surface area contributed by atoms with Gasteiger partial charge in [-0.25, -0.2) is 0 Å². The second-order valence-electron chi connectivity index (χ2n) is 8.13. The molecule has 2 unspecified atom stereocenters. The largest absolute Gasteiger partial charge is 0.355 e. The van der Waals surface area contributed by atoms with Crippen molar-refractivity contribution < 1.29 is 4.79 Å². The fourth-order valence-corrected chi connectivity index (χ4v) is 5.09. The van der Waals surface area contributed by atoms with Gasteiger partial charge in [0.25, 0.3) is 0 Å². The molecule has 0 aromatic rings. The zero-order valence-corrected chi connectivity index (χ0v) is 14.6. The van der Waals surface area contributed by atoms with Crippen LogP contribution in [0.15, 0.2) is 0 Å². The number of fused-ring (bicyclic) bond motifs is 2. The van der Waals surface area contributed by atoms with Crippen molar-refractivity contribution in [2.75, 3.05) is 13.1 Å². The Labute approximate surface area is 141 Å². The van der Waals surface area contributed by atoms with Crippen LogP contribution >= 0.6 is 0 Å². The van der Waals surface area contributed by atoms with Crippen LogP contribution in [0.2, 0.25) is 0 Å². The second kappa shape index (κ2) is 8.48. The van der Waals surface area contributed by atoms with Crippen molar-refractivity contribution in [1.29, 1.82) is 0 Å². The summed E-state index contributed by atoms with van der Waals surface area (Å²) in [5.41, 5.74) is 6.32. The molecule has 3 fully saturated rings. The predicted molar refractivity (Wildman–Crippen MR) is 94.0 cm³/mol. The van der Waals surface area contributed by atoms with E-state index in [2.05, 4.69) is 10.6 Å². The molecular formula is C19H35N3O. The van der Waals surface area contributed by atoms with E-state index < -0.39 is 0 Å². The lowest BCUT2D eigenvalue weighted by Crippen LogP contribution is -2.49. The molecule has 23 heavy (non-hydrogen) atoms. The number of hydrogen-bond acceptors (Lipinski definition) is 3. The Kier molecular flexibility index (Phi) is 6.35. The summed E-state index contributed by atoms with van der Waals surface area (Å²) in [5.74, 6) is 1.66. The van der Waals surface area contributed by atoms with Crippen molar-refractivity contribution in [1.82, 2.24) is 10.6 Å². The van der Waals surface area contributed by atoms with Gasteiger partial charge in [-0.2, -0.15) is 0 Å². The van der Waals surface area contributed by atoms with E-state index in [4.69, 9.17) is 5.73 Å². The van der Waals surface area contributed by atoms with Gasteiger partial charge >= 0.3 is 0 Å². The number of rotatable bonds is 5. The van der Waals surface area contributed by atoms with Gasteiger partial charge in [-0.15, -0.1) is 0 Å². The number of amides is 1. The summed E-state index contributed by atoms with van der Waals surface area (Å²) in [6.45, 7) is 1.68. The smallest absolute Gasteiger partial charge is 0.223 e. The lowest BCUT2D eigenvalue weighted by Gasteiger charge is -2.43. The molecule has 1 amide bonds. The number of hydrogen-bond donors (Lipinski definition) is 3. The first-order chi connectivity index (χ1) is 11.2. The van der Waals surface area contributed by atoms with E-state index in [9.17, 15) is 4.79 Å². The van der Waals surface area contributed by atoms with Gasteiger partial charge in [-0.3, -0.25) is 4.79 Å². The number of nitrogens with one attached hydrogen (secondary N) is 2. The van der Waals surface area contributed by atoms with Gasteiger partial charge in [-0.1, -0.05) is 32.1 Å².